The van der Waals surface area contributed by atoms with Crippen molar-refractivity contribution in [2.75, 3.05) is 50.1 Å². The Morgan fingerprint density at radius 3 is 2.64 bits per heavy atom. The van der Waals surface area contributed by atoms with Crippen LogP contribution in [0.2, 0.25) is 0 Å². The van der Waals surface area contributed by atoms with Gasteiger partial charge in [-0.05, 0) is 50.6 Å². The van der Waals surface area contributed by atoms with E-state index in [4.69, 9.17) is 9.72 Å². The van der Waals surface area contributed by atoms with E-state index in [1.54, 1.807) is 23.0 Å². The quantitative estimate of drug-likeness (QED) is 0.446. The van der Waals surface area contributed by atoms with Gasteiger partial charge in [-0.3, -0.25) is 9.48 Å². The zero-order valence-electron chi connectivity index (χ0n) is 22.0. The van der Waals surface area contributed by atoms with Crippen molar-refractivity contribution < 1.29 is 27.4 Å². The molecule has 1 aromatic carbocycles. The summed E-state index contributed by atoms with van der Waals surface area (Å²) in [6.45, 7) is 6.98. The van der Waals surface area contributed by atoms with Gasteiger partial charge in [0, 0.05) is 50.6 Å². The molecule has 0 unspecified atom stereocenters. The average molecular weight is 546 g/mol. The summed E-state index contributed by atoms with van der Waals surface area (Å²) < 4.78 is 50.8. The van der Waals surface area contributed by atoms with Gasteiger partial charge in [0.05, 0.1) is 29.3 Å². The van der Waals surface area contributed by atoms with Crippen molar-refractivity contribution >= 4 is 23.3 Å². The maximum atomic E-state index is 13.2. The third-order valence-corrected chi connectivity index (χ3v) is 6.90. The first-order valence-corrected chi connectivity index (χ1v) is 12.7. The van der Waals surface area contributed by atoms with Crippen LogP contribution in [0.1, 0.15) is 23.7 Å². The number of anilines is 3. The third kappa shape index (κ3) is 6.08. The van der Waals surface area contributed by atoms with Gasteiger partial charge in [-0.2, -0.15) is 5.10 Å². The number of nitrogens with zero attached hydrogens (tertiary/aromatic N) is 6. The highest BCUT2D eigenvalue weighted by molar-refractivity contribution is 5.72. The van der Waals surface area contributed by atoms with Gasteiger partial charge in [0.25, 0.3) is 0 Å². The number of nitrogens with one attached hydrogen (secondary N) is 1. The lowest BCUT2D eigenvalue weighted by atomic mass is 9.93. The first kappa shape index (κ1) is 26.7. The highest BCUT2D eigenvalue weighted by Gasteiger charge is 2.33. The van der Waals surface area contributed by atoms with Gasteiger partial charge in [0.2, 0.25) is 5.95 Å². The van der Waals surface area contributed by atoms with E-state index in [9.17, 15) is 18.0 Å². The number of fused-ring (bicyclic) bond motifs is 3. The number of carbonyl (C=O) groups is 1. The van der Waals surface area contributed by atoms with Crippen molar-refractivity contribution in [1.29, 1.82) is 0 Å². The number of piperazine rings is 1. The fraction of sp³-hybridized carbons (Fsp3) is 0.462. The number of alkyl halides is 3. The molecular weight excluding hydrogens is 515 g/mol. The summed E-state index contributed by atoms with van der Waals surface area (Å²) in [7, 11) is 2.03. The second-order valence-electron chi connectivity index (χ2n) is 9.69. The minimum Gasteiger partial charge on any atom is -0.464 e. The smallest absolute Gasteiger partial charge is 0.464 e. The average Bonchev–Trinajstić information content (AvgIpc) is 3.20. The van der Waals surface area contributed by atoms with Crippen LogP contribution in [-0.4, -0.2) is 76.8 Å². The number of hydrogen-bond donors (Lipinski definition) is 1. The molecule has 0 saturated carbocycles. The van der Waals surface area contributed by atoms with E-state index < -0.39 is 6.36 Å². The largest absolute Gasteiger partial charge is 0.573 e. The zero-order chi connectivity index (χ0) is 27.7. The molecule has 13 heteroatoms. The van der Waals surface area contributed by atoms with E-state index in [2.05, 4.69) is 29.9 Å². The number of hydrogen-bond acceptors (Lipinski definition) is 9. The second-order valence-corrected chi connectivity index (χ2v) is 9.69. The summed E-state index contributed by atoms with van der Waals surface area (Å²) in [5.41, 5.74) is 5.12. The zero-order valence-corrected chi connectivity index (χ0v) is 22.0. The van der Waals surface area contributed by atoms with Crippen LogP contribution in [0.3, 0.4) is 0 Å². The number of rotatable bonds is 7. The Kier molecular flexibility index (Phi) is 7.34. The van der Waals surface area contributed by atoms with E-state index in [1.165, 1.54) is 13.0 Å². The van der Waals surface area contributed by atoms with Crippen LogP contribution in [0.5, 0.6) is 5.75 Å². The monoisotopic (exact) mass is 545 g/mol. The summed E-state index contributed by atoms with van der Waals surface area (Å²) in [6.07, 6.45) is -1.71. The first-order chi connectivity index (χ1) is 18.6. The van der Waals surface area contributed by atoms with Crippen LogP contribution in [0.25, 0.3) is 11.4 Å². The van der Waals surface area contributed by atoms with Crippen LogP contribution in [0.4, 0.5) is 30.5 Å². The lowest BCUT2D eigenvalue weighted by Crippen LogP contribution is -2.44. The van der Waals surface area contributed by atoms with Crippen LogP contribution >= 0.6 is 0 Å². The van der Waals surface area contributed by atoms with E-state index in [1.807, 2.05) is 14.0 Å². The maximum Gasteiger partial charge on any atom is 0.573 e. The molecular formula is C26H30F3N7O3. The molecule has 0 bridgehead atoms. The lowest BCUT2D eigenvalue weighted by molar-refractivity contribution is -0.274. The van der Waals surface area contributed by atoms with Crippen molar-refractivity contribution in [3.63, 3.8) is 0 Å². The predicted octanol–water partition coefficient (Wildman–Crippen LogP) is 3.70. The van der Waals surface area contributed by atoms with Crippen LogP contribution in [0.15, 0.2) is 24.4 Å². The number of aryl methyl sites for hydroxylation is 2. The Balaban J connectivity index is 1.47. The molecule has 0 atom stereocenters. The summed E-state index contributed by atoms with van der Waals surface area (Å²) >= 11 is 0. The van der Waals surface area contributed by atoms with Crippen LogP contribution < -0.4 is 15.0 Å². The Morgan fingerprint density at radius 1 is 1.15 bits per heavy atom. The van der Waals surface area contributed by atoms with E-state index >= 15 is 0 Å². The Hall–Kier alpha value is -3.87. The molecule has 0 amide bonds. The fourth-order valence-electron chi connectivity index (χ4n) is 4.95. The number of benzene rings is 1. The highest BCUT2D eigenvalue weighted by atomic mass is 19.4. The fourth-order valence-corrected chi connectivity index (χ4v) is 4.95. The number of aromatic nitrogens is 4. The van der Waals surface area contributed by atoms with Crippen LogP contribution in [0, 0.1) is 6.92 Å². The molecule has 1 fully saturated rings. The van der Waals surface area contributed by atoms with Crippen molar-refractivity contribution in [2.24, 2.45) is 0 Å². The predicted molar refractivity (Wildman–Crippen MR) is 138 cm³/mol. The number of ether oxygens (including phenoxy) is 2. The van der Waals surface area contributed by atoms with Gasteiger partial charge in [-0.25, -0.2) is 9.97 Å². The van der Waals surface area contributed by atoms with Gasteiger partial charge in [-0.15, -0.1) is 13.2 Å². The second kappa shape index (κ2) is 10.7. The summed E-state index contributed by atoms with van der Waals surface area (Å²) in [6, 6.07) is 4.57. The summed E-state index contributed by atoms with van der Waals surface area (Å²) in [4.78, 5) is 24.7. The molecule has 1 saturated heterocycles. The van der Waals surface area contributed by atoms with Gasteiger partial charge < -0.3 is 24.6 Å². The molecule has 1 aliphatic heterocycles. The molecule has 10 nitrogen and oxygen atoms in total. The SMILES string of the molecule is CC(=O)OCCn1nc(C)c2c1-c1nc(Nc3cc(N4CCN(C)CC4)ccc3OC(F)(F)F)ncc1CC2. The Bertz CT molecular complexity index is 1370. The highest BCUT2D eigenvalue weighted by Crippen LogP contribution is 2.37. The van der Waals surface area contributed by atoms with E-state index in [0.29, 0.717) is 18.7 Å². The van der Waals surface area contributed by atoms with Gasteiger partial charge >= 0.3 is 12.3 Å². The third-order valence-electron chi connectivity index (χ3n) is 6.90. The molecule has 1 aliphatic carbocycles. The normalized spacial score (nSPS) is 15.5. The summed E-state index contributed by atoms with van der Waals surface area (Å²) in [5.74, 6) is -0.614. The van der Waals surface area contributed by atoms with Crippen molar-refractivity contribution in [1.82, 2.24) is 24.6 Å². The molecule has 0 radical (unpaired) electrons. The van der Waals surface area contributed by atoms with Gasteiger partial charge in [0.15, 0.2) is 5.75 Å². The molecule has 0 spiro atoms. The van der Waals surface area contributed by atoms with Crippen molar-refractivity contribution in [3.05, 3.63) is 41.2 Å². The minimum absolute atomic E-state index is 0.110. The number of halogens is 3. The minimum atomic E-state index is -4.86. The number of esters is 1. The topological polar surface area (TPSA) is 97.6 Å². The van der Waals surface area contributed by atoms with Crippen LogP contribution in [-0.2, 0) is 28.9 Å². The van der Waals surface area contributed by atoms with Crippen molar-refractivity contribution in [3.8, 4) is 17.1 Å². The molecule has 3 heterocycles. The molecule has 2 aliphatic rings. The lowest BCUT2D eigenvalue weighted by Gasteiger charge is -2.34. The molecule has 5 rings (SSSR count). The van der Waals surface area contributed by atoms with Crippen molar-refractivity contribution in [2.45, 2.75) is 39.6 Å². The standard InChI is InChI=1S/C26H30F3N7O3/c1-16-20-6-4-18-15-30-25(32-23(18)24(20)36(33-16)12-13-38-17(2)37)31-21-14-19(35-10-8-34(3)9-11-35)5-7-22(21)39-26(27,28)29/h5,7,14-15H,4,6,8-13H2,1-3H3,(H,30,31,32). The maximum absolute atomic E-state index is 13.2. The molecule has 1 N–H and O–H groups in total. The molecule has 208 valence electrons. The van der Waals surface area contributed by atoms with E-state index in [-0.39, 0.29) is 30.0 Å². The molecule has 3 aromatic rings. The Labute approximate surface area is 223 Å². The Morgan fingerprint density at radius 2 is 1.92 bits per heavy atom. The number of carbonyl (C=O) groups excluding carboxylic acids is 1. The molecule has 2 aromatic heterocycles. The van der Waals surface area contributed by atoms with Gasteiger partial charge in [-0.1, -0.05) is 0 Å². The van der Waals surface area contributed by atoms with Gasteiger partial charge in [0.1, 0.15) is 6.61 Å². The first-order valence-electron chi connectivity index (χ1n) is 12.7. The number of likely N-dealkylation sites (N-methyl/N-ethyl adjacent to an activating group) is 1. The van der Waals surface area contributed by atoms with E-state index in [0.717, 1.165) is 60.8 Å². The molecule has 39 heavy (non-hydrogen) atoms. The summed E-state index contributed by atoms with van der Waals surface area (Å²) in [5, 5.41) is 7.58.